The van der Waals surface area contributed by atoms with Gasteiger partial charge in [0.1, 0.15) is 24.0 Å². The van der Waals surface area contributed by atoms with Crippen LogP contribution in [0.15, 0.2) is 55.0 Å². The van der Waals surface area contributed by atoms with Crippen molar-refractivity contribution in [2.24, 2.45) is 0 Å². The van der Waals surface area contributed by atoms with E-state index in [0.717, 1.165) is 66.3 Å². The molecule has 1 aliphatic heterocycles. The third-order valence-corrected chi connectivity index (χ3v) is 8.35. The first kappa shape index (κ1) is 30.7. The van der Waals surface area contributed by atoms with Gasteiger partial charge >= 0.3 is 6.03 Å². The summed E-state index contributed by atoms with van der Waals surface area (Å²) in [6, 6.07) is 14.2. The van der Waals surface area contributed by atoms with Crippen LogP contribution in [0.2, 0.25) is 0 Å². The number of benzene rings is 1. The van der Waals surface area contributed by atoms with Gasteiger partial charge in [-0.2, -0.15) is 0 Å². The van der Waals surface area contributed by atoms with Gasteiger partial charge in [0.2, 0.25) is 0 Å². The number of likely N-dealkylation sites (tertiary alicyclic amines) is 1. The van der Waals surface area contributed by atoms with Crippen LogP contribution >= 0.6 is 12.4 Å². The van der Waals surface area contributed by atoms with Crippen LogP contribution in [0, 0.1) is 0 Å². The highest BCUT2D eigenvalue weighted by atomic mass is 35.5. The minimum Gasteiger partial charge on any atom is -0.484 e. The lowest BCUT2D eigenvalue weighted by Crippen LogP contribution is -2.36. The standard InChI is InChI=1S/C32H40N8O2.ClH/c1-20(2)39-16-8-11-25(39)30-38-37-29-15-12-21(18-40(29)30)42-26-14-13-24(22-9-6-7-10-23(22)26)35-31(41)36-28-17-27(32(3,4)5)33-19-34-28;/h6-7,9-10,12,15,17-20,24-26H,8,11,13-14,16H2,1-5H3,(H2,33,34,35,36,41);1H/t24-,25?,26+;/m0./s1. The lowest BCUT2D eigenvalue weighted by molar-refractivity contribution is 0.171. The average molecular weight is 605 g/mol. The third kappa shape index (κ3) is 6.45. The SMILES string of the molecule is CC(C)N1CCCC1c1nnc2ccc(O[C@@H]3CC[C@H](NC(=O)Nc4cc(C(C)(C)C)ncn4)c4ccccc43)cn12.Cl. The summed E-state index contributed by atoms with van der Waals surface area (Å²) in [4.78, 5) is 24.1. The molecule has 2 aliphatic rings. The molecule has 3 atom stereocenters. The normalized spacial score (nSPS) is 20.5. The monoisotopic (exact) mass is 604 g/mol. The Kier molecular flexibility index (Phi) is 8.89. The predicted octanol–water partition coefficient (Wildman–Crippen LogP) is 6.56. The molecule has 0 radical (unpaired) electrons. The summed E-state index contributed by atoms with van der Waals surface area (Å²) in [5.74, 6) is 2.23. The summed E-state index contributed by atoms with van der Waals surface area (Å²) in [6.07, 6.45) is 7.14. The molecular formula is C32H41ClN8O2. The fourth-order valence-corrected chi connectivity index (χ4v) is 6.20. The second-order valence-corrected chi connectivity index (χ2v) is 12.6. The Hall–Kier alpha value is -3.76. The van der Waals surface area contributed by atoms with Crippen LogP contribution in [0.5, 0.6) is 5.75 Å². The van der Waals surface area contributed by atoms with E-state index in [4.69, 9.17) is 4.74 Å². The number of fused-ring (bicyclic) bond motifs is 2. The molecule has 0 spiro atoms. The van der Waals surface area contributed by atoms with E-state index in [1.807, 2.05) is 36.5 Å². The smallest absolute Gasteiger partial charge is 0.320 e. The summed E-state index contributed by atoms with van der Waals surface area (Å²) < 4.78 is 8.70. The lowest BCUT2D eigenvalue weighted by atomic mass is 9.85. The van der Waals surface area contributed by atoms with Gasteiger partial charge in [0, 0.05) is 17.5 Å². The molecule has 228 valence electrons. The number of nitrogens with one attached hydrogen (secondary N) is 2. The Morgan fingerprint density at radius 2 is 1.81 bits per heavy atom. The number of amides is 2. The van der Waals surface area contributed by atoms with Crippen LogP contribution in [0.4, 0.5) is 10.6 Å². The highest BCUT2D eigenvalue weighted by Gasteiger charge is 2.32. The predicted molar refractivity (Wildman–Crippen MR) is 169 cm³/mol. The van der Waals surface area contributed by atoms with Gasteiger partial charge in [0.15, 0.2) is 11.5 Å². The van der Waals surface area contributed by atoms with Crippen LogP contribution in [-0.2, 0) is 5.41 Å². The zero-order valence-corrected chi connectivity index (χ0v) is 26.3. The van der Waals surface area contributed by atoms with Crippen molar-refractivity contribution in [2.75, 3.05) is 11.9 Å². The molecule has 0 saturated carbocycles. The summed E-state index contributed by atoms with van der Waals surface area (Å²) >= 11 is 0. The molecule has 1 unspecified atom stereocenters. The molecule has 3 aromatic heterocycles. The number of rotatable bonds is 6. The first-order valence-corrected chi connectivity index (χ1v) is 14.9. The second-order valence-electron chi connectivity index (χ2n) is 12.6. The Balaban J connectivity index is 0.00000368. The molecule has 2 amide bonds. The van der Waals surface area contributed by atoms with Crippen molar-refractivity contribution < 1.29 is 9.53 Å². The van der Waals surface area contributed by atoms with Crippen LogP contribution in [-0.4, -0.2) is 48.1 Å². The molecule has 4 aromatic rings. The Morgan fingerprint density at radius 1 is 1.02 bits per heavy atom. The van der Waals surface area contributed by atoms with Gasteiger partial charge < -0.3 is 10.1 Å². The largest absolute Gasteiger partial charge is 0.484 e. The van der Waals surface area contributed by atoms with Gasteiger partial charge in [-0.05, 0) is 69.3 Å². The van der Waals surface area contributed by atoms with E-state index >= 15 is 0 Å². The molecule has 10 nitrogen and oxygen atoms in total. The van der Waals surface area contributed by atoms with Crippen molar-refractivity contribution in [3.63, 3.8) is 0 Å². The molecule has 1 aliphatic carbocycles. The number of halogens is 1. The van der Waals surface area contributed by atoms with E-state index in [0.29, 0.717) is 11.9 Å². The van der Waals surface area contributed by atoms with Crippen molar-refractivity contribution in [3.8, 4) is 5.75 Å². The number of carbonyl (C=O) groups excluding carboxylic acids is 1. The second kappa shape index (κ2) is 12.5. The summed E-state index contributed by atoms with van der Waals surface area (Å²) in [5.41, 5.74) is 3.70. The van der Waals surface area contributed by atoms with Crippen LogP contribution < -0.4 is 15.4 Å². The summed E-state index contributed by atoms with van der Waals surface area (Å²) in [5, 5.41) is 15.1. The van der Waals surface area contributed by atoms with Gasteiger partial charge in [0.05, 0.1) is 24.0 Å². The fourth-order valence-electron chi connectivity index (χ4n) is 6.20. The number of hydrogen-bond acceptors (Lipinski definition) is 7. The quantitative estimate of drug-likeness (QED) is 0.256. The van der Waals surface area contributed by atoms with Gasteiger partial charge in [-0.15, -0.1) is 22.6 Å². The van der Waals surface area contributed by atoms with Gasteiger partial charge in [-0.3, -0.25) is 14.6 Å². The number of hydrogen-bond donors (Lipinski definition) is 2. The van der Waals surface area contributed by atoms with Crippen LogP contribution in [0.1, 0.15) is 101 Å². The third-order valence-electron chi connectivity index (χ3n) is 8.35. The van der Waals surface area contributed by atoms with Gasteiger partial charge in [0.25, 0.3) is 0 Å². The number of carbonyl (C=O) groups is 1. The Labute approximate surface area is 259 Å². The summed E-state index contributed by atoms with van der Waals surface area (Å²) in [7, 11) is 0. The topological polar surface area (TPSA) is 110 Å². The van der Waals surface area contributed by atoms with E-state index in [-0.39, 0.29) is 42.0 Å². The molecule has 11 heteroatoms. The molecule has 0 bridgehead atoms. The number of nitrogens with zero attached hydrogens (tertiary/aromatic N) is 6. The molecule has 2 N–H and O–H groups in total. The maximum Gasteiger partial charge on any atom is 0.320 e. The lowest BCUT2D eigenvalue weighted by Gasteiger charge is -2.32. The van der Waals surface area contributed by atoms with Gasteiger partial charge in [-0.1, -0.05) is 45.0 Å². The van der Waals surface area contributed by atoms with Crippen LogP contribution in [0.3, 0.4) is 0 Å². The number of urea groups is 1. The maximum absolute atomic E-state index is 13.0. The molecule has 1 fully saturated rings. The fraction of sp³-hybridized carbons (Fsp3) is 0.469. The molecular weight excluding hydrogens is 564 g/mol. The highest BCUT2D eigenvalue weighted by molar-refractivity contribution is 5.88. The summed E-state index contributed by atoms with van der Waals surface area (Å²) in [6.45, 7) is 11.8. The average Bonchev–Trinajstić information content (AvgIpc) is 3.61. The van der Waals surface area contributed by atoms with E-state index < -0.39 is 0 Å². The van der Waals surface area contributed by atoms with E-state index in [2.05, 4.69) is 86.9 Å². The zero-order valence-electron chi connectivity index (χ0n) is 25.4. The zero-order chi connectivity index (χ0) is 29.4. The maximum atomic E-state index is 13.0. The van der Waals surface area contributed by atoms with E-state index in [1.54, 1.807) is 0 Å². The molecule has 1 saturated heterocycles. The Morgan fingerprint density at radius 3 is 2.58 bits per heavy atom. The van der Waals surface area contributed by atoms with Crippen molar-refractivity contribution in [2.45, 2.75) is 89.9 Å². The van der Waals surface area contributed by atoms with Crippen LogP contribution in [0.25, 0.3) is 5.65 Å². The first-order valence-electron chi connectivity index (χ1n) is 14.9. The van der Waals surface area contributed by atoms with E-state index in [9.17, 15) is 4.79 Å². The molecule has 4 heterocycles. The molecule has 43 heavy (non-hydrogen) atoms. The minimum atomic E-state index is -0.291. The first-order chi connectivity index (χ1) is 20.2. The van der Waals surface area contributed by atoms with Crippen molar-refractivity contribution in [3.05, 3.63) is 77.6 Å². The van der Waals surface area contributed by atoms with Gasteiger partial charge in [-0.25, -0.2) is 14.8 Å². The van der Waals surface area contributed by atoms with E-state index in [1.165, 1.54) is 6.33 Å². The Bertz CT molecular complexity index is 1580. The van der Waals surface area contributed by atoms with Crippen molar-refractivity contribution in [1.29, 1.82) is 0 Å². The molecule has 1 aromatic carbocycles. The number of pyridine rings is 1. The highest BCUT2D eigenvalue weighted by Crippen LogP contribution is 2.39. The van der Waals surface area contributed by atoms with Crippen molar-refractivity contribution in [1.82, 2.24) is 34.8 Å². The molecule has 6 rings (SSSR count). The number of aromatic nitrogens is 5. The number of anilines is 1. The number of ether oxygens (including phenoxy) is 1. The van der Waals surface area contributed by atoms with Crippen molar-refractivity contribution >= 4 is 29.9 Å². The minimum absolute atomic E-state index is 0.